The normalized spacial score (nSPS) is 10.8. The van der Waals surface area contributed by atoms with E-state index in [0.717, 1.165) is 33.7 Å². The Morgan fingerprint density at radius 3 is 2.45 bits per heavy atom. The number of carbonyl (C=O) groups is 1. The van der Waals surface area contributed by atoms with Crippen LogP contribution in [0.25, 0.3) is 11.0 Å². The molecule has 1 heterocycles. The first kappa shape index (κ1) is 18.7. The second-order valence-corrected chi connectivity index (χ2v) is 7.00. The lowest BCUT2D eigenvalue weighted by Crippen LogP contribution is -2.24. The summed E-state index contributed by atoms with van der Waals surface area (Å²) in [6.07, 6.45) is 0. The average Bonchev–Trinajstić information content (AvgIpc) is 3.10. The van der Waals surface area contributed by atoms with Crippen LogP contribution in [0, 0.1) is 6.92 Å². The number of aromatic nitrogens is 2. The number of ether oxygens (including phenoxy) is 1. The Morgan fingerprint density at radius 2 is 1.72 bits per heavy atom. The maximum absolute atomic E-state index is 12.5. The van der Waals surface area contributed by atoms with Gasteiger partial charge in [0, 0.05) is 12.1 Å². The van der Waals surface area contributed by atoms with E-state index < -0.39 is 0 Å². The largest absolute Gasteiger partial charge is 0.497 e. The quantitative estimate of drug-likeness (QED) is 0.537. The van der Waals surface area contributed by atoms with Gasteiger partial charge in [-0.1, -0.05) is 42.0 Å². The summed E-state index contributed by atoms with van der Waals surface area (Å²) in [4.78, 5) is 17.3. The molecule has 1 amide bonds. The first-order valence-corrected chi connectivity index (χ1v) is 9.56. The Balaban J connectivity index is 1.58. The number of nitrogens with zero attached hydrogens (tertiary/aromatic N) is 2. The fourth-order valence-electron chi connectivity index (χ4n) is 3.32. The molecule has 29 heavy (non-hydrogen) atoms. The average molecular weight is 385 g/mol. The number of hydrogen-bond acceptors (Lipinski definition) is 3. The van der Waals surface area contributed by atoms with E-state index in [1.54, 1.807) is 7.11 Å². The van der Waals surface area contributed by atoms with Gasteiger partial charge in [-0.2, -0.15) is 0 Å². The predicted octanol–water partition coefficient (Wildman–Crippen LogP) is 4.33. The Hall–Kier alpha value is -3.60. The summed E-state index contributed by atoms with van der Waals surface area (Å²) >= 11 is 0. The molecule has 0 unspecified atom stereocenters. The summed E-state index contributed by atoms with van der Waals surface area (Å²) in [6.45, 7) is 3.03. The van der Waals surface area contributed by atoms with Crippen LogP contribution in [-0.4, -0.2) is 22.6 Å². The van der Waals surface area contributed by atoms with Crippen LogP contribution >= 0.6 is 0 Å². The number of aryl methyl sites for hydroxylation is 1. The number of carbonyl (C=O) groups excluding carboxylic acids is 1. The Kier molecular flexibility index (Phi) is 5.29. The molecule has 5 nitrogen and oxygen atoms in total. The third kappa shape index (κ3) is 4.14. The molecule has 0 spiro atoms. The Morgan fingerprint density at radius 1 is 1.00 bits per heavy atom. The molecule has 0 aliphatic carbocycles. The highest BCUT2D eigenvalue weighted by molar-refractivity contribution is 5.94. The van der Waals surface area contributed by atoms with Crippen LogP contribution in [0.4, 0.5) is 0 Å². The van der Waals surface area contributed by atoms with Gasteiger partial charge in [-0.3, -0.25) is 4.79 Å². The van der Waals surface area contributed by atoms with Gasteiger partial charge in [0.25, 0.3) is 5.91 Å². The van der Waals surface area contributed by atoms with E-state index in [0.29, 0.717) is 18.7 Å². The minimum atomic E-state index is -0.104. The maximum atomic E-state index is 12.5. The van der Waals surface area contributed by atoms with Gasteiger partial charge in [0.05, 0.1) is 24.7 Å². The van der Waals surface area contributed by atoms with Gasteiger partial charge < -0.3 is 14.6 Å². The number of amides is 1. The fourth-order valence-corrected chi connectivity index (χ4v) is 3.32. The molecule has 146 valence electrons. The predicted molar refractivity (Wildman–Crippen MR) is 114 cm³/mol. The molecule has 1 N–H and O–H groups in total. The summed E-state index contributed by atoms with van der Waals surface area (Å²) in [5.41, 5.74) is 4.87. The summed E-state index contributed by atoms with van der Waals surface area (Å²) < 4.78 is 7.39. The Labute approximate surface area is 170 Å². The van der Waals surface area contributed by atoms with Gasteiger partial charge in [-0.05, 0) is 48.9 Å². The maximum Gasteiger partial charge on any atom is 0.251 e. The van der Waals surface area contributed by atoms with Crippen LogP contribution in [0.5, 0.6) is 5.75 Å². The van der Waals surface area contributed by atoms with Crippen LogP contribution < -0.4 is 10.1 Å². The number of rotatable bonds is 6. The topological polar surface area (TPSA) is 56.1 Å². The van der Waals surface area contributed by atoms with Crippen molar-refractivity contribution in [2.45, 2.75) is 20.0 Å². The van der Waals surface area contributed by atoms with Crippen molar-refractivity contribution in [2.75, 3.05) is 7.11 Å². The molecular formula is C24H23N3O2. The molecule has 0 saturated carbocycles. The minimum absolute atomic E-state index is 0.104. The van der Waals surface area contributed by atoms with Crippen molar-refractivity contribution in [3.63, 3.8) is 0 Å². The first-order valence-electron chi connectivity index (χ1n) is 9.56. The minimum Gasteiger partial charge on any atom is -0.497 e. The lowest BCUT2D eigenvalue weighted by Gasteiger charge is -2.11. The molecular weight excluding hydrogens is 362 g/mol. The van der Waals surface area contributed by atoms with Gasteiger partial charge in [-0.15, -0.1) is 0 Å². The molecule has 0 saturated heterocycles. The van der Waals surface area contributed by atoms with Crippen molar-refractivity contribution in [3.8, 4) is 5.75 Å². The van der Waals surface area contributed by atoms with Gasteiger partial charge in [0.2, 0.25) is 0 Å². The van der Waals surface area contributed by atoms with E-state index in [4.69, 9.17) is 9.72 Å². The molecule has 0 aliphatic rings. The van der Waals surface area contributed by atoms with Crippen molar-refractivity contribution in [1.29, 1.82) is 0 Å². The van der Waals surface area contributed by atoms with E-state index in [1.165, 1.54) is 0 Å². The Bertz CT molecular complexity index is 1130. The molecule has 4 rings (SSSR count). The standard InChI is InChI=1S/C24H23N3O2/c1-17-7-11-19(12-8-17)24(28)25-15-23-26-21-5-3-4-6-22(21)27(23)16-18-9-13-20(29-2)14-10-18/h3-14H,15-16H2,1-2H3,(H,25,28). The molecule has 0 atom stereocenters. The molecule has 0 aliphatic heterocycles. The summed E-state index contributed by atoms with van der Waals surface area (Å²) in [7, 11) is 1.66. The van der Waals surface area contributed by atoms with Gasteiger partial charge in [0.1, 0.15) is 11.6 Å². The lowest BCUT2D eigenvalue weighted by atomic mass is 10.1. The molecule has 0 radical (unpaired) electrons. The smallest absolute Gasteiger partial charge is 0.251 e. The zero-order chi connectivity index (χ0) is 20.2. The van der Waals surface area contributed by atoms with E-state index >= 15 is 0 Å². The number of methoxy groups -OCH3 is 1. The monoisotopic (exact) mass is 385 g/mol. The lowest BCUT2D eigenvalue weighted by molar-refractivity contribution is 0.0949. The van der Waals surface area contributed by atoms with Crippen LogP contribution in [0.3, 0.4) is 0 Å². The van der Waals surface area contributed by atoms with Crippen molar-refractivity contribution in [3.05, 3.63) is 95.3 Å². The molecule has 0 fully saturated rings. The van der Waals surface area contributed by atoms with Gasteiger partial charge in [-0.25, -0.2) is 4.98 Å². The van der Waals surface area contributed by atoms with Crippen LogP contribution in [-0.2, 0) is 13.1 Å². The zero-order valence-electron chi connectivity index (χ0n) is 16.6. The van der Waals surface area contributed by atoms with Crippen LogP contribution in [0.1, 0.15) is 27.3 Å². The van der Waals surface area contributed by atoms with E-state index in [-0.39, 0.29) is 5.91 Å². The van der Waals surface area contributed by atoms with Gasteiger partial charge >= 0.3 is 0 Å². The van der Waals surface area contributed by atoms with E-state index in [1.807, 2.05) is 73.7 Å². The second kappa shape index (κ2) is 8.19. The molecule has 1 aromatic heterocycles. The summed E-state index contributed by atoms with van der Waals surface area (Å²) in [6, 6.07) is 23.6. The molecule has 0 bridgehead atoms. The highest BCUT2D eigenvalue weighted by Crippen LogP contribution is 2.19. The molecule has 5 heteroatoms. The SMILES string of the molecule is COc1ccc(Cn2c(CNC(=O)c3ccc(C)cc3)nc3ccccc32)cc1. The molecule has 4 aromatic rings. The summed E-state index contributed by atoms with van der Waals surface area (Å²) in [5, 5.41) is 3.00. The molecule has 3 aromatic carbocycles. The van der Waals surface area contributed by atoms with Gasteiger partial charge in [0.15, 0.2) is 0 Å². The number of benzene rings is 3. The van der Waals surface area contributed by atoms with Crippen LogP contribution in [0.2, 0.25) is 0 Å². The summed E-state index contributed by atoms with van der Waals surface area (Å²) in [5.74, 6) is 1.55. The van der Waals surface area contributed by atoms with E-state index in [9.17, 15) is 4.79 Å². The number of nitrogens with one attached hydrogen (secondary N) is 1. The number of imidazole rings is 1. The van der Waals surface area contributed by atoms with E-state index in [2.05, 4.69) is 16.0 Å². The number of fused-ring (bicyclic) bond motifs is 1. The fraction of sp³-hybridized carbons (Fsp3) is 0.167. The number of para-hydroxylation sites is 2. The first-order chi connectivity index (χ1) is 14.1. The second-order valence-electron chi connectivity index (χ2n) is 7.00. The van der Waals surface area contributed by atoms with Crippen LogP contribution in [0.15, 0.2) is 72.8 Å². The zero-order valence-corrected chi connectivity index (χ0v) is 16.6. The third-order valence-corrected chi connectivity index (χ3v) is 4.95. The highest BCUT2D eigenvalue weighted by Gasteiger charge is 2.13. The number of hydrogen-bond donors (Lipinski definition) is 1. The van der Waals surface area contributed by atoms with Crippen molar-refractivity contribution >= 4 is 16.9 Å². The third-order valence-electron chi connectivity index (χ3n) is 4.95. The van der Waals surface area contributed by atoms with Crippen molar-refractivity contribution in [1.82, 2.24) is 14.9 Å². The van der Waals surface area contributed by atoms with Crippen molar-refractivity contribution in [2.24, 2.45) is 0 Å². The van der Waals surface area contributed by atoms with Crippen molar-refractivity contribution < 1.29 is 9.53 Å². The highest BCUT2D eigenvalue weighted by atomic mass is 16.5.